The van der Waals surface area contributed by atoms with Gasteiger partial charge in [-0.25, -0.2) is 0 Å². The zero-order chi connectivity index (χ0) is 13.1. The second-order valence-electron chi connectivity index (χ2n) is 4.31. The van der Waals surface area contributed by atoms with E-state index in [0.717, 1.165) is 15.7 Å². The number of nitrogens with zero attached hydrogens (tertiary/aromatic N) is 1. The second kappa shape index (κ2) is 5.77. The molecule has 0 aliphatic heterocycles. The van der Waals surface area contributed by atoms with Crippen molar-refractivity contribution in [1.82, 2.24) is 0 Å². The molecule has 2 aromatic carbocycles. The Morgan fingerprint density at radius 1 is 1.11 bits per heavy atom. The lowest BCUT2D eigenvalue weighted by molar-refractivity contribution is 1.19. The fourth-order valence-corrected chi connectivity index (χ4v) is 2.74. The van der Waals surface area contributed by atoms with E-state index in [2.05, 4.69) is 77.3 Å². The molecule has 0 aromatic heterocycles. The molecule has 0 fully saturated rings. The largest absolute Gasteiger partial charge is 0.345 e. The summed E-state index contributed by atoms with van der Waals surface area (Å²) in [5, 5.41) is 0. The van der Waals surface area contributed by atoms with Crippen LogP contribution in [0.15, 0.2) is 46.9 Å². The van der Waals surface area contributed by atoms with E-state index in [0.29, 0.717) is 5.88 Å². The number of halogens is 2. The molecule has 0 unspecified atom stereocenters. The predicted octanol–water partition coefficient (Wildman–Crippen LogP) is 5.26. The first kappa shape index (κ1) is 13.4. The summed E-state index contributed by atoms with van der Waals surface area (Å²) in [7, 11) is 2.07. The third kappa shape index (κ3) is 2.88. The van der Waals surface area contributed by atoms with Gasteiger partial charge in [-0.3, -0.25) is 0 Å². The molecular formula is C15H15BrClN. The first-order valence-electron chi connectivity index (χ1n) is 5.76. The zero-order valence-electron chi connectivity index (χ0n) is 10.5. The summed E-state index contributed by atoms with van der Waals surface area (Å²) in [4.78, 5) is 2.16. The molecule has 0 saturated carbocycles. The lowest BCUT2D eigenvalue weighted by Gasteiger charge is -2.20. The molecule has 2 aromatic rings. The van der Waals surface area contributed by atoms with Crippen LogP contribution >= 0.6 is 27.5 Å². The van der Waals surface area contributed by atoms with Gasteiger partial charge in [0.25, 0.3) is 0 Å². The van der Waals surface area contributed by atoms with Crippen molar-refractivity contribution in [2.24, 2.45) is 0 Å². The van der Waals surface area contributed by atoms with Gasteiger partial charge in [0.05, 0.1) is 0 Å². The van der Waals surface area contributed by atoms with E-state index in [1.807, 2.05) is 0 Å². The van der Waals surface area contributed by atoms with Crippen molar-refractivity contribution in [3.63, 3.8) is 0 Å². The van der Waals surface area contributed by atoms with Crippen LogP contribution in [0.1, 0.15) is 11.1 Å². The SMILES string of the molecule is Cc1cccc(N(C)c2ccc(CCl)c(Br)c2)c1. The first-order chi connectivity index (χ1) is 8.61. The second-order valence-corrected chi connectivity index (χ2v) is 5.43. The van der Waals surface area contributed by atoms with Crippen LogP contribution in [0, 0.1) is 6.92 Å². The average molecular weight is 325 g/mol. The Hall–Kier alpha value is -0.990. The van der Waals surface area contributed by atoms with Crippen molar-refractivity contribution in [3.05, 3.63) is 58.1 Å². The molecule has 0 bridgehead atoms. The highest BCUT2D eigenvalue weighted by Crippen LogP contribution is 2.29. The van der Waals surface area contributed by atoms with E-state index in [1.165, 1.54) is 11.3 Å². The smallest absolute Gasteiger partial charge is 0.0485 e. The monoisotopic (exact) mass is 323 g/mol. The molecule has 94 valence electrons. The van der Waals surface area contributed by atoms with Gasteiger partial charge in [-0.15, -0.1) is 11.6 Å². The molecule has 0 aliphatic rings. The summed E-state index contributed by atoms with van der Waals surface area (Å²) in [6, 6.07) is 14.7. The van der Waals surface area contributed by atoms with Crippen LogP contribution in [0.2, 0.25) is 0 Å². The Kier molecular flexibility index (Phi) is 4.31. The predicted molar refractivity (Wildman–Crippen MR) is 82.9 cm³/mol. The van der Waals surface area contributed by atoms with Crippen LogP contribution in [0.25, 0.3) is 0 Å². The fourth-order valence-electron chi connectivity index (χ4n) is 1.84. The van der Waals surface area contributed by atoms with Crippen LogP contribution < -0.4 is 4.90 Å². The zero-order valence-corrected chi connectivity index (χ0v) is 12.8. The number of hydrogen-bond acceptors (Lipinski definition) is 1. The maximum atomic E-state index is 5.86. The average Bonchev–Trinajstić information content (AvgIpc) is 2.37. The van der Waals surface area contributed by atoms with E-state index in [4.69, 9.17) is 11.6 Å². The standard InChI is InChI=1S/C15H15BrClN/c1-11-4-3-5-13(8-11)18(2)14-7-6-12(10-17)15(16)9-14/h3-9H,10H2,1-2H3. The molecule has 0 heterocycles. The molecule has 18 heavy (non-hydrogen) atoms. The van der Waals surface area contributed by atoms with Gasteiger partial charge in [0.1, 0.15) is 0 Å². The maximum Gasteiger partial charge on any atom is 0.0485 e. The Morgan fingerprint density at radius 3 is 2.44 bits per heavy atom. The lowest BCUT2D eigenvalue weighted by Crippen LogP contribution is -2.09. The molecule has 3 heteroatoms. The summed E-state index contributed by atoms with van der Waals surface area (Å²) < 4.78 is 1.05. The summed E-state index contributed by atoms with van der Waals surface area (Å²) in [6.45, 7) is 2.10. The normalized spacial score (nSPS) is 10.4. The van der Waals surface area contributed by atoms with E-state index in [1.54, 1.807) is 0 Å². The molecule has 1 nitrogen and oxygen atoms in total. The Morgan fingerprint density at radius 2 is 1.83 bits per heavy atom. The Labute approximate surface area is 122 Å². The van der Waals surface area contributed by atoms with Crippen molar-refractivity contribution in [2.75, 3.05) is 11.9 Å². The number of rotatable bonds is 3. The van der Waals surface area contributed by atoms with Gasteiger partial charge in [0.2, 0.25) is 0 Å². The number of aryl methyl sites for hydroxylation is 1. The molecule has 0 aliphatic carbocycles. The Bertz CT molecular complexity index is 554. The summed E-state index contributed by atoms with van der Waals surface area (Å²) in [5.41, 5.74) is 4.69. The summed E-state index contributed by atoms with van der Waals surface area (Å²) in [5.74, 6) is 0.523. The number of benzene rings is 2. The quantitative estimate of drug-likeness (QED) is 0.696. The highest BCUT2D eigenvalue weighted by atomic mass is 79.9. The number of hydrogen-bond donors (Lipinski definition) is 0. The van der Waals surface area contributed by atoms with Crippen molar-refractivity contribution in [2.45, 2.75) is 12.8 Å². The van der Waals surface area contributed by atoms with Crippen molar-refractivity contribution >= 4 is 38.9 Å². The highest BCUT2D eigenvalue weighted by Gasteiger charge is 2.06. The van der Waals surface area contributed by atoms with Crippen molar-refractivity contribution in [3.8, 4) is 0 Å². The van der Waals surface area contributed by atoms with Crippen molar-refractivity contribution < 1.29 is 0 Å². The van der Waals surface area contributed by atoms with Gasteiger partial charge in [0.15, 0.2) is 0 Å². The molecular weight excluding hydrogens is 310 g/mol. The minimum absolute atomic E-state index is 0.523. The first-order valence-corrected chi connectivity index (χ1v) is 7.09. The van der Waals surface area contributed by atoms with Gasteiger partial charge < -0.3 is 4.90 Å². The van der Waals surface area contributed by atoms with Gasteiger partial charge >= 0.3 is 0 Å². The van der Waals surface area contributed by atoms with Crippen LogP contribution in [-0.2, 0) is 5.88 Å². The van der Waals surface area contributed by atoms with Gasteiger partial charge in [-0.05, 0) is 42.3 Å². The van der Waals surface area contributed by atoms with Crippen LogP contribution in [0.3, 0.4) is 0 Å². The molecule has 2 rings (SSSR count). The van der Waals surface area contributed by atoms with E-state index < -0.39 is 0 Å². The molecule has 0 saturated heterocycles. The Balaban J connectivity index is 2.34. The minimum Gasteiger partial charge on any atom is -0.345 e. The topological polar surface area (TPSA) is 3.24 Å². The molecule has 0 radical (unpaired) electrons. The van der Waals surface area contributed by atoms with Gasteiger partial charge in [0, 0.05) is 28.8 Å². The van der Waals surface area contributed by atoms with E-state index >= 15 is 0 Å². The number of anilines is 2. The van der Waals surface area contributed by atoms with Gasteiger partial charge in [-0.2, -0.15) is 0 Å². The number of alkyl halides is 1. The van der Waals surface area contributed by atoms with Crippen LogP contribution in [-0.4, -0.2) is 7.05 Å². The molecule has 0 atom stereocenters. The van der Waals surface area contributed by atoms with Gasteiger partial charge in [-0.1, -0.05) is 34.1 Å². The molecule has 0 N–H and O–H groups in total. The maximum absolute atomic E-state index is 5.86. The summed E-state index contributed by atoms with van der Waals surface area (Å²) in [6.07, 6.45) is 0. The van der Waals surface area contributed by atoms with Crippen LogP contribution in [0.4, 0.5) is 11.4 Å². The minimum atomic E-state index is 0.523. The highest BCUT2D eigenvalue weighted by molar-refractivity contribution is 9.10. The van der Waals surface area contributed by atoms with E-state index in [-0.39, 0.29) is 0 Å². The fraction of sp³-hybridized carbons (Fsp3) is 0.200. The third-order valence-corrected chi connectivity index (χ3v) is 3.98. The van der Waals surface area contributed by atoms with Crippen molar-refractivity contribution in [1.29, 1.82) is 0 Å². The lowest BCUT2D eigenvalue weighted by atomic mass is 10.2. The molecule has 0 amide bonds. The third-order valence-electron chi connectivity index (χ3n) is 2.96. The van der Waals surface area contributed by atoms with E-state index in [9.17, 15) is 0 Å². The molecule has 0 spiro atoms. The van der Waals surface area contributed by atoms with Crippen LogP contribution in [0.5, 0.6) is 0 Å². The summed E-state index contributed by atoms with van der Waals surface area (Å²) >= 11 is 9.41.